The lowest BCUT2D eigenvalue weighted by atomic mass is 10.1. The van der Waals surface area contributed by atoms with E-state index in [1.54, 1.807) is 0 Å². The summed E-state index contributed by atoms with van der Waals surface area (Å²) in [5, 5.41) is 3.57. The molecule has 0 aliphatic carbocycles. The Morgan fingerprint density at radius 1 is 1.20 bits per heavy atom. The monoisotopic (exact) mass is 269 g/mol. The first kappa shape index (κ1) is 12.6. The molecule has 1 atom stereocenters. The lowest BCUT2D eigenvalue weighted by molar-refractivity contribution is 0.593. The Labute approximate surface area is 101 Å². The van der Waals surface area contributed by atoms with E-state index in [4.69, 9.17) is 0 Å². The van der Waals surface area contributed by atoms with Crippen molar-refractivity contribution >= 4 is 21.6 Å². The lowest BCUT2D eigenvalue weighted by Crippen LogP contribution is -2.17. The van der Waals surface area contributed by atoms with Gasteiger partial charge in [-0.2, -0.15) is 0 Å². The molecule has 0 spiro atoms. The van der Waals surface area contributed by atoms with Gasteiger partial charge >= 0.3 is 0 Å². The molecule has 0 amide bonds. The summed E-state index contributed by atoms with van der Waals surface area (Å²) in [6.45, 7) is 4.48. The number of nitrogens with one attached hydrogen (secondary N) is 1. The number of benzene rings is 1. The summed E-state index contributed by atoms with van der Waals surface area (Å²) >= 11 is 3.44. The fraction of sp³-hybridized carbons (Fsp3) is 0.538. The molecule has 84 valence electrons. The van der Waals surface area contributed by atoms with Crippen molar-refractivity contribution in [3.8, 4) is 0 Å². The Hall–Kier alpha value is -0.500. The van der Waals surface area contributed by atoms with Crippen LogP contribution in [0.3, 0.4) is 0 Å². The molecule has 0 aromatic heterocycles. The summed E-state index contributed by atoms with van der Waals surface area (Å²) in [5.74, 6) is 0. The minimum absolute atomic E-state index is 0.617. The van der Waals surface area contributed by atoms with Crippen LogP contribution in [0, 0.1) is 0 Å². The molecular formula is C13H20BrN. The minimum atomic E-state index is 0.617. The number of hydrogen-bond donors (Lipinski definition) is 1. The van der Waals surface area contributed by atoms with Gasteiger partial charge < -0.3 is 5.32 Å². The number of hydrogen-bond acceptors (Lipinski definition) is 1. The van der Waals surface area contributed by atoms with Crippen LogP contribution in [0.25, 0.3) is 0 Å². The van der Waals surface area contributed by atoms with Crippen molar-refractivity contribution in [1.29, 1.82) is 0 Å². The zero-order chi connectivity index (χ0) is 11.1. The highest BCUT2D eigenvalue weighted by atomic mass is 79.9. The molecule has 15 heavy (non-hydrogen) atoms. The predicted octanol–water partition coefficient (Wildman–Crippen LogP) is 4.83. The minimum Gasteiger partial charge on any atom is -0.382 e. The second-order valence-corrected chi connectivity index (χ2v) is 4.81. The van der Waals surface area contributed by atoms with Gasteiger partial charge in [-0.05, 0) is 37.1 Å². The van der Waals surface area contributed by atoms with Gasteiger partial charge in [0.2, 0.25) is 0 Å². The van der Waals surface area contributed by atoms with Crippen LogP contribution in [-0.2, 0) is 0 Å². The van der Waals surface area contributed by atoms with E-state index < -0.39 is 0 Å². The summed E-state index contributed by atoms with van der Waals surface area (Å²) in [5.41, 5.74) is 1.22. The summed E-state index contributed by atoms with van der Waals surface area (Å²) in [6, 6.07) is 9.02. The summed E-state index contributed by atoms with van der Waals surface area (Å²) in [4.78, 5) is 0. The number of anilines is 1. The maximum absolute atomic E-state index is 3.57. The quantitative estimate of drug-likeness (QED) is 0.780. The van der Waals surface area contributed by atoms with E-state index in [0.717, 1.165) is 4.47 Å². The van der Waals surface area contributed by atoms with Crippen LogP contribution in [-0.4, -0.2) is 6.04 Å². The molecular weight excluding hydrogens is 250 g/mol. The topological polar surface area (TPSA) is 12.0 Å². The van der Waals surface area contributed by atoms with Crippen LogP contribution in [0.15, 0.2) is 28.7 Å². The fourth-order valence-corrected chi connectivity index (χ4v) is 1.88. The third-order valence-electron chi connectivity index (χ3n) is 2.61. The van der Waals surface area contributed by atoms with E-state index in [1.165, 1.54) is 31.4 Å². The molecule has 2 heteroatoms. The zero-order valence-corrected chi connectivity index (χ0v) is 11.2. The normalized spacial score (nSPS) is 12.5. The van der Waals surface area contributed by atoms with Crippen LogP contribution in [0.1, 0.15) is 39.5 Å². The van der Waals surface area contributed by atoms with E-state index in [1.807, 2.05) is 0 Å². The van der Waals surface area contributed by atoms with Crippen molar-refractivity contribution in [3.63, 3.8) is 0 Å². The Morgan fingerprint density at radius 2 is 1.87 bits per heavy atom. The first-order chi connectivity index (χ1) is 7.26. The van der Waals surface area contributed by atoms with Crippen molar-refractivity contribution in [2.24, 2.45) is 0 Å². The lowest BCUT2D eigenvalue weighted by Gasteiger charge is -2.17. The predicted molar refractivity (Wildman–Crippen MR) is 71.4 cm³/mol. The molecule has 0 saturated carbocycles. The van der Waals surface area contributed by atoms with Gasteiger partial charge in [0.1, 0.15) is 0 Å². The Bertz CT molecular complexity index is 268. The van der Waals surface area contributed by atoms with Gasteiger partial charge in [0.15, 0.2) is 0 Å². The third kappa shape index (κ3) is 4.70. The van der Waals surface area contributed by atoms with Crippen LogP contribution in [0.2, 0.25) is 0 Å². The highest BCUT2D eigenvalue weighted by Gasteiger charge is 2.04. The van der Waals surface area contributed by atoms with E-state index in [9.17, 15) is 0 Å². The highest BCUT2D eigenvalue weighted by molar-refractivity contribution is 9.10. The molecule has 0 radical (unpaired) electrons. The Morgan fingerprint density at radius 3 is 2.40 bits per heavy atom. The van der Waals surface area contributed by atoms with E-state index >= 15 is 0 Å². The maximum Gasteiger partial charge on any atom is 0.0343 e. The molecule has 0 fully saturated rings. The fourth-order valence-electron chi connectivity index (χ4n) is 1.61. The van der Waals surface area contributed by atoms with Gasteiger partial charge in [0, 0.05) is 16.2 Å². The Balaban J connectivity index is 2.47. The van der Waals surface area contributed by atoms with Gasteiger partial charge in [0.25, 0.3) is 0 Å². The van der Waals surface area contributed by atoms with Crippen molar-refractivity contribution in [2.45, 2.75) is 45.6 Å². The van der Waals surface area contributed by atoms with Gasteiger partial charge in [-0.3, -0.25) is 0 Å². The molecule has 1 aromatic carbocycles. The van der Waals surface area contributed by atoms with Crippen LogP contribution in [0.5, 0.6) is 0 Å². The molecule has 0 aliphatic heterocycles. The average Bonchev–Trinajstić information content (AvgIpc) is 2.27. The van der Waals surface area contributed by atoms with E-state index in [2.05, 4.69) is 59.4 Å². The smallest absolute Gasteiger partial charge is 0.0343 e. The van der Waals surface area contributed by atoms with Crippen molar-refractivity contribution in [3.05, 3.63) is 28.7 Å². The number of unbranched alkanes of at least 4 members (excludes halogenated alkanes) is 1. The summed E-state index contributed by atoms with van der Waals surface area (Å²) in [7, 11) is 0. The first-order valence-electron chi connectivity index (χ1n) is 5.78. The van der Waals surface area contributed by atoms with Crippen molar-refractivity contribution in [2.75, 3.05) is 5.32 Å². The zero-order valence-electron chi connectivity index (χ0n) is 9.59. The third-order valence-corrected chi connectivity index (χ3v) is 3.14. The molecule has 1 aromatic rings. The molecule has 1 unspecified atom stereocenters. The molecule has 0 saturated heterocycles. The van der Waals surface area contributed by atoms with Crippen LogP contribution in [0.4, 0.5) is 5.69 Å². The first-order valence-corrected chi connectivity index (χ1v) is 6.57. The largest absolute Gasteiger partial charge is 0.382 e. The second kappa shape index (κ2) is 6.89. The van der Waals surface area contributed by atoms with Gasteiger partial charge in [0.05, 0.1) is 0 Å². The van der Waals surface area contributed by atoms with Crippen LogP contribution < -0.4 is 5.32 Å². The number of rotatable bonds is 6. The molecule has 0 heterocycles. The summed E-state index contributed by atoms with van der Waals surface area (Å²) in [6.07, 6.45) is 5.04. The highest BCUT2D eigenvalue weighted by Crippen LogP contribution is 2.17. The van der Waals surface area contributed by atoms with Gasteiger partial charge in [-0.15, -0.1) is 0 Å². The maximum atomic E-state index is 3.57. The molecule has 0 aliphatic rings. The van der Waals surface area contributed by atoms with E-state index in [0.29, 0.717) is 6.04 Å². The standard InChI is InChI=1S/C13H20BrN/c1-3-5-6-12(4-2)15-13-9-7-11(14)8-10-13/h7-10,12,15H,3-6H2,1-2H3. The van der Waals surface area contributed by atoms with Gasteiger partial charge in [-0.25, -0.2) is 0 Å². The molecule has 1 rings (SSSR count). The average molecular weight is 270 g/mol. The Kier molecular flexibility index (Phi) is 5.77. The van der Waals surface area contributed by atoms with Crippen LogP contribution >= 0.6 is 15.9 Å². The molecule has 0 bridgehead atoms. The molecule has 1 N–H and O–H groups in total. The van der Waals surface area contributed by atoms with E-state index in [-0.39, 0.29) is 0 Å². The van der Waals surface area contributed by atoms with Gasteiger partial charge in [-0.1, -0.05) is 42.6 Å². The second-order valence-electron chi connectivity index (χ2n) is 3.90. The molecule has 1 nitrogen and oxygen atoms in total. The van der Waals surface area contributed by atoms with Crippen molar-refractivity contribution in [1.82, 2.24) is 0 Å². The summed E-state index contributed by atoms with van der Waals surface area (Å²) < 4.78 is 1.13. The van der Waals surface area contributed by atoms with Crippen molar-refractivity contribution < 1.29 is 0 Å². The number of halogens is 1. The SMILES string of the molecule is CCCCC(CC)Nc1ccc(Br)cc1.